The average molecular weight is 271 g/mol. The summed E-state index contributed by atoms with van der Waals surface area (Å²) in [7, 11) is 1.90. The van der Waals surface area contributed by atoms with Gasteiger partial charge in [0.05, 0.1) is 0 Å². The van der Waals surface area contributed by atoms with Crippen LogP contribution in [0.4, 0.5) is 0 Å². The van der Waals surface area contributed by atoms with Crippen LogP contribution >= 0.6 is 0 Å². The van der Waals surface area contributed by atoms with Gasteiger partial charge in [0.25, 0.3) is 5.91 Å². The topological polar surface area (TPSA) is 38.1 Å². The Hall–Kier alpha value is -1.58. The molecule has 0 N–H and O–H groups in total. The maximum atomic E-state index is 12.8. The third kappa shape index (κ3) is 1.81. The Bertz CT molecular complexity index is 572. The Morgan fingerprint density at radius 2 is 1.85 bits per heavy atom. The number of aromatic nitrogens is 2. The molecule has 20 heavy (non-hydrogen) atoms. The van der Waals surface area contributed by atoms with E-state index in [1.165, 1.54) is 25.7 Å². The van der Waals surface area contributed by atoms with Crippen molar-refractivity contribution in [2.75, 3.05) is 0 Å². The summed E-state index contributed by atoms with van der Waals surface area (Å²) < 4.78 is 1.79. The van der Waals surface area contributed by atoms with E-state index in [2.05, 4.69) is 10.00 Å². The highest BCUT2D eigenvalue weighted by molar-refractivity contribution is 5.93. The van der Waals surface area contributed by atoms with Crippen molar-refractivity contribution in [1.82, 2.24) is 14.7 Å². The summed E-state index contributed by atoms with van der Waals surface area (Å²) in [5.74, 6) is 0.140. The van der Waals surface area contributed by atoms with Crippen molar-refractivity contribution < 1.29 is 4.79 Å². The van der Waals surface area contributed by atoms with E-state index in [4.69, 9.17) is 0 Å². The van der Waals surface area contributed by atoms with Crippen LogP contribution < -0.4 is 0 Å². The van der Waals surface area contributed by atoms with E-state index in [0.717, 1.165) is 18.5 Å². The molecule has 1 aromatic heterocycles. The lowest BCUT2D eigenvalue weighted by Crippen LogP contribution is -2.44. The molecule has 3 fully saturated rings. The van der Waals surface area contributed by atoms with Gasteiger partial charge in [-0.2, -0.15) is 5.10 Å². The molecule has 1 aromatic rings. The van der Waals surface area contributed by atoms with E-state index < -0.39 is 0 Å². The van der Waals surface area contributed by atoms with E-state index in [9.17, 15) is 4.79 Å². The second kappa shape index (κ2) is 4.21. The van der Waals surface area contributed by atoms with Gasteiger partial charge >= 0.3 is 0 Å². The molecule has 106 valence electrons. The minimum Gasteiger partial charge on any atom is -0.331 e. The lowest BCUT2D eigenvalue weighted by atomic mass is 9.95. The van der Waals surface area contributed by atoms with Crippen LogP contribution in [0.5, 0.6) is 0 Å². The SMILES string of the molecule is Cc1cc(C(=O)N2C3CCC2CC(=C2CC2)C3)nn1C. The van der Waals surface area contributed by atoms with Gasteiger partial charge < -0.3 is 4.90 Å². The summed E-state index contributed by atoms with van der Waals surface area (Å²) in [6.45, 7) is 1.99. The predicted molar refractivity (Wildman–Crippen MR) is 76.4 cm³/mol. The number of allylic oxidation sites excluding steroid dienone is 1. The van der Waals surface area contributed by atoms with Gasteiger partial charge in [-0.1, -0.05) is 11.1 Å². The van der Waals surface area contributed by atoms with Gasteiger partial charge in [0.1, 0.15) is 0 Å². The van der Waals surface area contributed by atoms with Gasteiger partial charge in [-0.3, -0.25) is 9.48 Å². The van der Waals surface area contributed by atoms with E-state index >= 15 is 0 Å². The summed E-state index contributed by atoms with van der Waals surface area (Å²) in [5.41, 5.74) is 5.00. The molecule has 3 heterocycles. The van der Waals surface area contributed by atoms with Crippen LogP contribution in [0.3, 0.4) is 0 Å². The monoisotopic (exact) mass is 271 g/mol. The normalized spacial score (nSPS) is 28.2. The fourth-order valence-corrected chi connectivity index (χ4v) is 3.85. The molecule has 4 heteroatoms. The first-order valence-corrected chi connectivity index (χ1v) is 7.66. The second-order valence-electron chi connectivity index (χ2n) is 6.51. The van der Waals surface area contributed by atoms with E-state index in [-0.39, 0.29) is 5.91 Å². The van der Waals surface area contributed by atoms with Crippen LogP contribution in [0.15, 0.2) is 17.2 Å². The largest absolute Gasteiger partial charge is 0.331 e. The fourth-order valence-electron chi connectivity index (χ4n) is 3.85. The number of carbonyl (C=O) groups is 1. The lowest BCUT2D eigenvalue weighted by molar-refractivity contribution is 0.0627. The van der Waals surface area contributed by atoms with Gasteiger partial charge in [-0.25, -0.2) is 0 Å². The van der Waals surface area contributed by atoms with Crippen LogP contribution in [0.25, 0.3) is 0 Å². The first-order chi connectivity index (χ1) is 9.63. The zero-order valence-corrected chi connectivity index (χ0v) is 12.2. The third-order valence-corrected chi connectivity index (χ3v) is 5.15. The molecule has 0 aromatic carbocycles. The number of fused-ring (bicyclic) bond motifs is 2. The number of nitrogens with zero attached hydrogens (tertiary/aromatic N) is 3. The minimum absolute atomic E-state index is 0.140. The van der Waals surface area contributed by atoms with Crippen molar-refractivity contribution in [2.24, 2.45) is 7.05 Å². The predicted octanol–water partition coefficient (Wildman–Crippen LogP) is 2.59. The molecule has 1 amide bonds. The van der Waals surface area contributed by atoms with Crippen LogP contribution in [0, 0.1) is 6.92 Å². The van der Waals surface area contributed by atoms with Gasteiger partial charge in [0.15, 0.2) is 5.69 Å². The number of piperidine rings is 1. The van der Waals surface area contributed by atoms with Crippen LogP contribution in [0.2, 0.25) is 0 Å². The number of aryl methyl sites for hydroxylation is 2. The summed E-state index contributed by atoms with van der Waals surface area (Å²) in [5, 5.41) is 4.36. The summed E-state index contributed by atoms with van der Waals surface area (Å²) in [6.07, 6.45) is 7.18. The molecule has 3 aliphatic rings. The molecule has 2 bridgehead atoms. The fraction of sp³-hybridized carbons (Fsp3) is 0.625. The quantitative estimate of drug-likeness (QED) is 0.736. The Morgan fingerprint density at radius 3 is 2.35 bits per heavy atom. The van der Waals surface area contributed by atoms with Gasteiger partial charge in [0, 0.05) is 24.8 Å². The molecule has 4 rings (SSSR count). The zero-order chi connectivity index (χ0) is 13.9. The van der Waals surface area contributed by atoms with Crippen molar-refractivity contribution in [2.45, 2.75) is 57.5 Å². The summed E-state index contributed by atoms with van der Waals surface area (Å²) in [6, 6.07) is 2.76. The van der Waals surface area contributed by atoms with E-state index in [1.54, 1.807) is 15.8 Å². The van der Waals surface area contributed by atoms with Crippen LogP contribution in [0.1, 0.15) is 54.7 Å². The van der Waals surface area contributed by atoms with Gasteiger partial charge in [-0.15, -0.1) is 0 Å². The number of rotatable bonds is 1. The molecule has 2 unspecified atom stereocenters. The molecule has 0 radical (unpaired) electrons. The minimum atomic E-state index is 0.140. The summed E-state index contributed by atoms with van der Waals surface area (Å²) in [4.78, 5) is 14.9. The number of carbonyl (C=O) groups excluding carboxylic acids is 1. The van der Waals surface area contributed by atoms with E-state index in [1.807, 2.05) is 20.0 Å². The van der Waals surface area contributed by atoms with E-state index in [0.29, 0.717) is 17.8 Å². The number of hydrogen-bond acceptors (Lipinski definition) is 2. The zero-order valence-electron chi connectivity index (χ0n) is 12.2. The Kier molecular flexibility index (Phi) is 2.56. The molecule has 1 saturated carbocycles. The van der Waals surface area contributed by atoms with Crippen LogP contribution in [-0.2, 0) is 7.05 Å². The van der Waals surface area contributed by atoms with Crippen molar-refractivity contribution in [3.63, 3.8) is 0 Å². The highest BCUT2D eigenvalue weighted by atomic mass is 16.2. The smallest absolute Gasteiger partial charge is 0.274 e. The highest BCUT2D eigenvalue weighted by Crippen LogP contribution is 2.44. The average Bonchev–Trinajstić information content (AvgIpc) is 3.17. The van der Waals surface area contributed by atoms with Crippen molar-refractivity contribution >= 4 is 5.91 Å². The standard InChI is InChI=1S/C16H21N3O/c1-10-7-15(17-18(10)2)16(20)19-13-5-6-14(19)9-12(8-13)11-3-4-11/h7,13-14H,3-6,8-9H2,1-2H3. The lowest BCUT2D eigenvalue weighted by Gasteiger charge is -2.36. The molecule has 2 atom stereocenters. The molecule has 2 aliphatic heterocycles. The second-order valence-corrected chi connectivity index (χ2v) is 6.51. The van der Waals surface area contributed by atoms with Gasteiger partial charge in [0.2, 0.25) is 0 Å². The molecular formula is C16H21N3O. The molecular weight excluding hydrogens is 250 g/mol. The third-order valence-electron chi connectivity index (χ3n) is 5.15. The Balaban J connectivity index is 1.60. The Morgan fingerprint density at radius 1 is 1.20 bits per heavy atom. The summed E-state index contributed by atoms with van der Waals surface area (Å²) >= 11 is 0. The first kappa shape index (κ1) is 12.2. The molecule has 4 nitrogen and oxygen atoms in total. The van der Waals surface area contributed by atoms with Crippen molar-refractivity contribution in [3.05, 3.63) is 28.6 Å². The highest BCUT2D eigenvalue weighted by Gasteiger charge is 2.43. The molecule has 1 aliphatic carbocycles. The van der Waals surface area contributed by atoms with Crippen molar-refractivity contribution in [1.29, 1.82) is 0 Å². The van der Waals surface area contributed by atoms with Crippen LogP contribution in [-0.4, -0.2) is 32.7 Å². The maximum Gasteiger partial charge on any atom is 0.274 e. The molecule has 0 spiro atoms. The molecule has 2 saturated heterocycles. The number of hydrogen-bond donors (Lipinski definition) is 0. The first-order valence-electron chi connectivity index (χ1n) is 7.66. The van der Waals surface area contributed by atoms with Crippen molar-refractivity contribution in [3.8, 4) is 0 Å². The van der Waals surface area contributed by atoms with Gasteiger partial charge in [-0.05, 0) is 51.5 Å². The Labute approximate surface area is 119 Å². The number of amides is 1. The maximum absolute atomic E-state index is 12.8.